The van der Waals surface area contributed by atoms with E-state index < -0.39 is 10.0 Å². The third-order valence-electron chi connectivity index (χ3n) is 2.81. The number of carbonyl (C=O) groups is 1. The zero-order chi connectivity index (χ0) is 15.6. The number of hydrogen-bond acceptors (Lipinski definition) is 4. The van der Waals surface area contributed by atoms with Gasteiger partial charge in [0.15, 0.2) is 5.78 Å². The SMILES string of the molecule is CC(=O)c1ccc(NS(=O)(=O)c2cc(Br)ccc2N)cc1. The smallest absolute Gasteiger partial charge is 0.263 e. The average Bonchev–Trinajstić information content (AvgIpc) is 2.41. The first-order valence-electron chi connectivity index (χ1n) is 5.98. The Hall–Kier alpha value is -1.86. The van der Waals surface area contributed by atoms with Crippen LogP contribution in [0.5, 0.6) is 0 Å². The van der Waals surface area contributed by atoms with Crippen LogP contribution in [0.2, 0.25) is 0 Å². The molecule has 5 nitrogen and oxygen atoms in total. The molecule has 2 rings (SSSR count). The maximum absolute atomic E-state index is 12.3. The van der Waals surface area contributed by atoms with Gasteiger partial charge in [-0.1, -0.05) is 15.9 Å². The fourth-order valence-corrected chi connectivity index (χ4v) is 3.45. The first-order chi connectivity index (χ1) is 9.79. The number of ketones is 1. The highest BCUT2D eigenvalue weighted by Gasteiger charge is 2.18. The molecule has 0 radical (unpaired) electrons. The normalized spacial score (nSPS) is 11.1. The van der Waals surface area contributed by atoms with Crippen LogP contribution in [0, 0.1) is 0 Å². The number of benzene rings is 2. The van der Waals surface area contributed by atoms with E-state index in [4.69, 9.17) is 5.73 Å². The predicted molar refractivity (Wildman–Crippen MR) is 85.8 cm³/mol. The van der Waals surface area contributed by atoms with Crippen LogP contribution >= 0.6 is 15.9 Å². The minimum Gasteiger partial charge on any atom is -0.398 e. The summed E-state index contributed by atoms with van der Waals surface area (Å²) in [5.74, 6) is -0.0827. The van der Waals surface area contributed by atoms with E-state index in [2.05, 4.69) is 20.7 Å². The zero-order valence-corrected chi connectivity index (χ0v) is 13.5. The third kappa shape index (κ3) is 3.62. The van der Waals surface area contributed by atoms with Gasteiger partial charge < -0.3 is 5.73 Å². The molecular weight excluding hydrogens is 356 g/mol. The topological polar surface area (TPSA) is 89.3 Å². The lowest BCUT2D eigenvalue weighted by molar-refractivity contribution is 0.101. The summed E-state index contributed by atoms with van der Waals surface area (Å²) >= 11 is 3.21. The molecule has 0 aliphatic carbocycles. The number of Topliss-reactive ketones (excluding diaryl/α,β-unsaturated/α-hetero) is 1. The highest BCUT2D eigenvalue weighted by atomic mass is 79.9. The van der Waals surface area contributed by atoms with Gasteiger partial charge in [-0.05, 0) is 49.4 Å². The monoisotopic (exact) mass is 368 g/mol. The van der Waals surface area contributed by atoms with E-state index in [1.54, 1.807) is 18.2 Å². The molecule has 0 spiro atoms. The number of nitrogen functional groups attached to an aromatic ring is 1. The Balaban J connectivity index is 2.33. The first-order valence-corrected chi connectivity index (χ1v) is 8.26. The van der Waals surface area contributed by atoms with E-state index >= 15 is 0 Å². The lowest BCUT2D eigenvalue weighted by Gasteiger charge is -2.10. The Labute approximate surface area is 131 Å². The van der Waals surface area contributed by atoms with Crippen molar-refractivity contribution in [3.8, 4) is 0 Å². The Morgan fingerprint density at radius 2 is 1.76 bits per heavy atom. The van der Waals surface area contributed by atoms with Crippen molar-refractivity contribution in [1.82, 2.24) is 0 Å². The molecule has 0 fully saturated rings. The molecule has 0 bridgehead atoms. The van der Waals surface area contributed by atoms with Gasteiger partial charge in [0, 0.05) is 15.7 Å². The van der Waals surface area contributed by atoms with Gasteiger partial charge in [0.05, 0.1) is 5.69 Å². The lowest BCUT2D eigenvalue weighted by atomic mass is 10.1. The molecule has 0 aliphatic heterocycles. The third-order valence-corrected chi connectivity index (χ3v) is 4.74. The Bertz CT molecular complexity index is 786. The van der Waals surface area contributed by atoms with E-state index in [0.29, 0.717) is 15.7 Å². The molecule has 21 heavy (non-hydrogen) atoms. The summed E-state index contributed by atoms with van der Waals surface area (Å²) in [4.78, 5) is 11.2. The quantitative estimate of drug-likeness (QED) is 0.640. The van der Waals surface area contributed by atoms with E-state index in [1.807, 2.05) is 0 Å². The minimum absolute atomic E-state index is 0.00693. The number of nitrogens with two attached hydrogens (primary N) is 1. The molecule has 0 unspecified atom stereocenters. The van der Waals surface area contributed by atoms with Crippen LogP contribution in [-0.2, 0) is 10.0 Å². The van der Waals surface area contributed by atoms with E-state index in [0.717, 1.165) is 0 Å². The molecule has 0 heterocycles. The van der Waals surface area contributed by atoms with Gasteiger partial charge in [-0.25, -0.2) is 8.42 Å². The number of carbonyl (C=O) groups excluding carboxylic acids is 1. The summed E-state index contributed by atoms with van der Waals surface area (Å²) in [6.07, 6.45) is 0. The Morgan fingerprint density at radius 1 is 1.14 bits per heavy atom. The average molecular weight is 369 g/mol. The van der Waals surface area contributed by atoms with Crippen molar-refractivity contribution < 1.29 is 13.2 Å². The summed E-state index contributed by atoms with van der Waals surface area (Å²) < 4.78 is 27.7. The van der Waals surface area contributed by atoms with Crippen molar-refractivity contribution in [1.29, 1.82) is 0 Å². The highest BCUT2D eigenvalue weighted by Crippen LogP contribution is 2.25. The highest BCUT2D eigenvalue weighted by molar-refractivity contribution is 9.10. The molecule has 3 N–H and O–H groups in total. The predicted octanol–water partition coefficient (Wildman–Crippen LogP) is 3.03. The van der Waals surface area contributed by atoms with Gasteiger partial charge in [-0.15, -0.1) is 0 Å². The number of sulfonamides is 1. The molecule has 0 aliphatic rings. The van der Waals surface area contributed by atoms with E-state index in [1.165, 1.54) is 31.2 Å². The number of nitrogens with one attached hydrogen (secondary N) is 1. The van der Waals surface area contributed by atoms with Crippen molar-refractivity contribution in [2.45, 2.75) is 11.8 Å². The van der Waals surface area contributed by atoms with Gasteiger partial charge >= 0.3 is 0 Å². The molecule has 0 aromatic heterocycles. The summed E-state index contributed by atoms with van der Waals surface area (Å²) in [6.45, 7) is 1.45. The van der Waals surface area contributed by atoms with Crippen LogP contribution in [-0.4, -0.2) is 14.2 Å². The van der Waals surface area contributed by atoms with Crippen LogP contribution in [0.3, 0.4) is 0 Å². The number of hydrogen-bond donors (Lipinski definition) is 2. The van der Waals surface area contributed by atoms with Gasteiger partial charge in [0.1, 0.15) is 4.90 Å². The molecule has 0 saturated heterocycles. The molecule has 0 amide bonds. The molecule has 110 valence electrons. The second kappa shape index (κ2) is 5.87. The van der Waals surface area contributed by atoms with E-state index in [9.17, 15) is 13.2 Å². The molecule has 0 atom stereocenters. The number of anilines is 2. The minimum atomic E-state index is -3.79. The van der Waals surface area contributed by atoms with Gasteiger partial charge in [-0.2, -0.15) is 0 Å². The van der Waals surface area contributed by atoms with E-state index in [-0.39, 0.29) is 16.4 Å². The van der Waals surface area contributed by atoms with Crippen molar-refractivity contribution in [3.63, 3.8) is 0 Å². The standard InChI is InChI=1S/C14H13BrN2O3S/c1-9(18)10-2-5-12(6-3-10)17-21(19,20)14-8-11(15)4-7-13(14)16/h2-8,17H,16H2,1H3. The van der Waals surface area contributed by atoms with Crippen molar-refractivity contribution in [2.75, 3.05) is 10.5 Å². The fraction of sp³-hybridized carbons (Fsp3) is 0.0714. The lowest BCUT2D eigenvalue weighted by Crippen LogP contribution is -2.14. The number of halogens is 1. The summed E-state index contributed by atoms with van der Waals surface area (Å²) in [7, 11) is -3.79. The van der Waals surface area contributed by atoms with Crippen LogP contribution in [0.15, 0.2) is 51.8 Å². The summed E-state index contributed by atoms with van der Waals surface area (Å²) in [5, 5.41) is 0. The Morgan fingerprint density at radius 3 is 2.33 bits per heavy atom. The fourth-order valence-electron chi connectivity index (χ4n) is 1.72. The molecular formula is C14H13BrN2O3S. The molecule has 0 saturated carbocycles. The number of rotatable bonds is 4. The van der Waals surface area contributed by atoms with Crippen molar-refractivity contribution in [3.05, 3.63) is 52.5 Å². The largest absolute Gasteiger partial charge is 0.398 e. The maximum atomic E-state index is 12.3. The van der Waals surface area contributed by atoms with Crippen LogP contribution in [0.1, 0.15) is 17.3 Å². The zero-order valence-electron chi connectivity index (χ0n) is 11.1. The van der Waals surface area contributed by atoms with Crippen molar-refractivity contribution in [2.24, 2.45) is 0 Å². The van der Waals surface area contributed by atoms with Crippen molar-refractivity contribution >= 4 is 43.1 Å². The molecule has 2 aromatic rings. The second-order valence-corrected chi connectivity index (χ2v) is 6.99. The molecule has 7 heteroatoms. The summed E-state index contributed by atoms with van der Waals surface area (Å²) in [5.41, 5.74) is 6.74. The van der Waals surface area contributed by atoms with Crippen LogP contribution in [0.4, 0.5) is 11.4 Å². The molecule has 2 aromatic carbocycles. The summed E-state index contributed by atoms with van der Waals surface area (Å²) in [6, 6.07) is 10.8. The van der Waals surface area contributed by atoms with Gasteiger partial charge in [-0.3, -0.25) is 9.52 Å². The second-order valence-electron chi connectivity index (χ2n) is 4.42. The maximum Gasteiger partial charge on any atom is 0.263 e. The van der Waals surface area contributed by atoms with Gasteiger partial charge in [0.2, 0.25) is 0 Å². The van der Waals surface area contributed by atoms with Gasteiger partial charge in [0.25, 0.3) is 10.0 Å². The van der Waals surface area contributed by atoms with Crippen LogP contribution in [0.25, 0.3) is 0 Å². The van der Waals surface area contributed by atoms with Crippen LogP contribution < -0.4 is 10.5 Å². The first kappa shape index (κ1) is 15.5. The Kier molecular flexibility index (Phi) is 4.34.